The first-order chi connectivity index (χ1) is 13.3. The normalized spacial score (nSPS) is 10.9. The van der Waals surface area contributed by atoms with Crippen LogP contribution >= 0.6 is 0 Å². The molecule has 0 atom stereocenters. The van der Waals surface area contributed by atoms with E-state index in [4.69, 9.17) is 0 Å². The van der Waals surface area contributed by atoms with Gasteiger partial charge >= 0.3 is 0 Å². The Morgan fingerprint density at radius 3 is 1.71 bits per heavy atom. The van der Waals surface area contributed by atoms with Crippen molar-refractivity contribution in [3.05, 3.63) is 97.1 Å². The quantitative estimate of drug-likeness (QED) is 0.291. The number of benzene rings is 4. The molecule has 0 aromatic heterocycles. The Morgan fingerprint density at radius 1 is 0.536 bits per heavy atom. The predicted molar refractivity (Wildman–Crippen MR) is 117 cm³/mol. The summed E-state index contributed by atoms with van der Waals surface area (Å²) < 4.78 is 0. The van der Waals surface area contributed by atoms with Gasteiger partial charge in [-0.05, 0) is 54.1 Å². The molecule has 1 heterocycles. The highest BCUT2D eigenvalue weighted by atomic mass is 19.0. The van der Waals surface area contributed by atoms with Crippen LogP contribution in [0.4, 0.5) is 38.8 Å². The molecule has 0 aliphatic carbocycles. The number of nitrogens with one attached hydrogen (secondary N) is 3. The molecule has 138 valence electrons. The van der Waals surface area contributed by atoms with Crippen molar-refractivity contribution in [2.45, 2.75) is 0 Å². The maximum absolute atomic E-state index is 3.51. The maximum atomic E-state index is 3.51. The van der Waals surface area contributed by atoms with Gasteiger partial charge in [0.15, 0.2) is 0 Å². The second kappa shape index (κ2) is 7.45. The first-order valence-electron chi connectivity index (χ1n) is 9.05. The van der Waals surface area contributed by atoms with Gasteiger partial charge in [0.25, 0.3) is 0 Å². The van der Waals surface area contributed by atoms with E-state index in [1.807, 2.05) is 24.3 Å². The summed E-state index contributed by atoms with van der Waals surface area (Å²) >= 11 is 0. The number of para-hydroxylation sites is 1. The molecule has 5 rings (SSSR count). The van der Waals surface area contributed by atoms with Gasteiger partial charge < -0.3 is 16.0 Å². The highest BCUT2D eigenvalue weighted by Crippen LogP contribution is 2.49. The van der Waals surface area contributed by atoms with Gasteiger partial charge in [0, 0.05) is 28.3 Å². The van der Waals surface area contributed by atoms with Crippen molar-refractivity contribution in [1.82, 2.24) is 0 Å². The molecule has 4 aromatic rings. The van der Waals surface area contributed by atoms with Gasteiger partial charge in [-0.1, -0.05) is 48.5 Å². The van der Waals surface area contributed by atoms with Crippen LogP contribution in [0.3, 0.4) is 0 Å². The molecule has 0 saturated heterocycles. The molecule has 1 aliphatic rings. The van der Waals surface area contributed by atoms with E-state index in [1.165, 1.54) is 22.5 Å². The summed E-state index contributed by atoms with van der Waals surface area (Å²) in [6.07, 6.45) is 0. The third-order valence-corrected chi connectivity index (χ3v) is 4.66. The zero-order valence-electron chi connectivity index (χ0n) is 15.1. The van der Waals surface area contributed by atoms with Crippen molar-refractivity contribution in [3.63, 3.8) is 0 Å². The average Bonchev–Trinajstić information content (AvgIpc) is 3.50. The summed E-state index contributed by atoms with van der Waals surface area (Å²) in [6.45, 7) is 0. The van der Waals surface area contributed by atoms with Crippen LogP contribution in [0.2, 0.25) is 0 Å². The molecule has 28 heavy (non-hydrogen) atoms. The number of halogens is 1. The van der Waals surface area contributed by atoms with Crippen LogP contribution in [0.15, 0.2) is 97.1 Å². The lowest BCUT2D eigenvalue weighted by atomic mass is 10.1. The smallest absolute Gasteiger partial charge is 0.0705 e. The van der Waals surface area contributed by atoms with E-state index < -0.39 is 0 Å². The Bertz CT molecular complexity index is 1080. The molecule has 3 nitrogen and oxygen atoms in total. The molecular weight excluding hydrogens is 349 g/mol. The van der Waals surface area contributed by atoms with E-state index >= 15 is 0 Å². The third-order valence-electron chi connectivity index (χ3n) is 4.66. The minimum Gasteiger partial charge on any atom is -0.356 e. The van der Waals surface area contributed by atoms with Gasteiger partial charge in [0.1, 0.15) is 0 Å². The summed E-state index contributed by atoms with van der Waals surface area (Å²) in [5.74, 6) is 0. The van der Waals surface area contributed by atoms with Gasteiger partial charge in [-0.15, -0.1) is 0 Å². The lowest BCUT2D eigenvalue weighted by molar-refractivity contribution is 1.11. The Hall–Kier alpha value is -3.79. The fourth-order valence-corrected chi connectivity index (χ4v) is 3.26. The van der Waals surface area contributed by atoms with Crippen molar-refractivity contribution in [3.8, 4) is 11.1 Å². The SMILES string of the molecule is F.c1ccc(Nc2ccc(Nc3cc4c(c(-c5ccccc5)c3)N4)cc2)cc1. The number of fused-ring (bicyclic) bond motifs is 1. The third kappa shape index (κ3) is 3.67. The summed E-state index contributed by atoms with van der Waals surface area (Å²) in [4.78, 5) is 0. The average molecular weight is 369 g/mol. The monoisotopic (exact) mass is 369 g/mol. The first-order valence-corrected chi connectivity index (χ1v) is 9.05. The molecule has 4 aromatic carbocycles. The minimum atomic E-state index is 0. The van der Waals surface area contributed by atoms with Gasteiger partial charge in [0.2, 0.25) is 0 Å². The second-order valence-corrected chi connectivity index (χ2v) is 6.63. The van der Waals surface area contributed by atoms with E-state index in [0.717, 1.165) is 22.7 Å². The molecule has 3 N–H and O–H groups in total. The number of hydrogen-bond acceptors (Lipinski definition) is 3. The van der Waals surface area contributed by atoms with E-state index in [0.29, 0.717) is 0 Å². The van der Waals surface area contributed by atoms with Crippen molar-refractivity contribution in [2.75, 3.05) is 16.0 Å². The molecule has 0 amide bonds. The van der Waals surface area contributed by atoms with Crippen LogP contribution < -0.4 is 16.0 Å². The lowest BCUT2D eigenvalue weighted by Crippen LogP contribution is -1.92. The summed E-state index contributed by atoms with van der Waals surface area (Å²) in [5.41, 5.74) is 9.19. The number of hydrogen-bond donors (Lipinski definition) is 3. The Morgan fingerprint density at radius 2 is 1.07 bits per heavy atom. The molecular formula is C24H20FN3. The molecule has 0 spiro atoms. The van der Waals surface area contributed by atoms with Crippen LogP contribution in [-0.2, 0) is 0 Å². The molecule has 0 bridgehead atoms. The van der Waals surface area contributed by atoms with E-state index in [9.17, 15) is 0 Å². The highest BCUT2D eigenvalue weighted by molar-refractivity contribution is 6.04. The van der Waals surface area contributed by atoms with Crippen LogP contribution in [0.25, 0.3) is 11.1 Å². The highest BCUT2D eigenvalue weighted by Gasteiger charge is 2.22. The molecule has 4 heteroatoms. The minimum absolute atomic E-state index is 0. The molecule has 0 radical (unpaired) electrons. The van der Waals surface area contributed by atoms with Gasteiger partial charge in [0.05, 0.1) is 11.4 Å². The van der Waals surface area contributed by atoms with Crippen LogP contribution in [0, 0.1) is 0 Å². The van der Waals surface area contributed by atoms with Gasteiger partial charge in [-0.2, -0.15) is 0 Å². The molecule has 0 unspecified atom stereocenters. The topological polar surface area (TPSA) is 46.0 Å². The van der Waals surface area contributed by atoms with Crippen molar-refractivity contribution in [1.29, 1.82) is 0 Å². The largest absolute Gasteiger partial charge is 0.356 e. The Kier molecular flexibility index (Phi) is 4.68. The van der Waals surface area contributed by atoms with Crippen LogP contribution in [-0.4, -0.2) is 0 Å². The molecule has 1 aliphatic heterocycles. The van der Waals surface area contributed by atoms with Crippen LogP contribution in [0.1, 0.15) is 0 Å². The Labute approximate surface area is 163 Å². The summed E-state index contributed by atoms with van der Waals surface area (Å²) in [7, 11) is 0. The van der Waals surface area contributed by atoms with E-state index in [2.05, 4.69) is 88.7 Å². The molecule has 0 saturated carbocycles. The second-order valence-electron chi connectivity index (χ2n) is 6.63. The zero-order chi connectivity index (χ0) is 18.1. The standard InChI is InChI=1S/C24H19N3.FH/c1-3-7-17(8-4-1)22-15-21(16-23-24(22)27-23)26-20-13-11-19(12-14-20)25-18-9-5-2-6-10-18;/h1-16,25-27H;1H. The van der Waals surface area contributed by atoms with Crippen molar-refractivity contribution >= 4 is 34.1 Å². The van der Waals surface area contributed by atoms with Gasteiger partial charge in [-0.25, -0.2) is 0 Å². The van der Waals surface area contributed by atoms with Crippen molar-refractivity contribution in [2.24, 2.45) is 0 Å². The first kappa shape index (κ1) is 17.6. The fraction of sp³-hybridized carbons (Fsp3) is 0. The zero-order valence-corrected chi connectivity index (χ0v) is 15.1. The van der Waals surface area contributed by atoms with Gasteiger partial charge in [-0.3, -0.25) is 4.70 Å². The molecule has 0 fully saturated rings. The van der Waals surface area contributed by atoms with Crippen LogP contribution in [0.5, 0.6) is 0 Å². The maximum Gasteiger partial charge on any atom is 0.0705 e. The lowest BCUT2D eigenvalue weighted by Gasteiger charge is -2.10. The fourth-order valence-electron chi connectivity index (χ4n) is 3.26. The van der Waals surface area contributed by atoms with Crippen molar-refractivity contribution < 1.29 is 4.70 Å². The predicted octanol–water partition coefficient (Wildman–Crippen LogP) is 7.05. The number of anilines is 6. The Balaban J connectivity index is 0.00000192. The van der Waals surface area contributed by atoms with E-state index in [-0.39, 0.29) is 4.70 Å². The number of rotatable bonds is 5. The van der Waals surface area contributed by atoms with E-state index in [1.54, 1.807) is 0 Å². The summed E-state index contributed by atoms with van der Waals surface area (Å²) in [6, 6.07) is 33.4. The summed E-state index contributed by atoms with van der Waals surface area (Å²) in [5, 5.41) is 10.3.